The first-order valence-electron chi connectivity index (χ1n) is 13.5. The van der Waals surface area contributed by atoms with E-state index in [1.807, 2.05) is 92.7 Å². The standard InChI is InChI=1S/C34H33NO5/c1-23(2)32(33(36)40-22-26-15-8-10-19-31(26)39-21-24-12-5-4-6-13-24)35(34(37)38-3)30-18-11-17-28-27-16-9-7-14-25(27)20-29(28)30/h4-19,23,32H,20-22H2,1-3H3/t32-/m0/s1. The van der Waals surface area contributed by atoms with Crippen molar-refractivity contribution in [3.63, 3.8) is 0 Å². The summed E-state index contributed by atoms with van der Waals surface area (Å²) in [5.74, 6) is -0.106. The van der Waals surface area contributed by atoms with Gasteiger partial charge in [-0.15, -0.1) is 0 Å². The topological polar surface area (TPSA) is 65.1 Å². The van der Waals surface area contributed by atoms with Gasteiger partial charge in [0.05, 0.1) is 12.8 Å². The van der Waals surface area contributed by atoms with Gasteiger partial charge in [-0.25, -0.2) is 9.59 Å². The summed E-state index contributed by atoms with van der Waals surface area (Å²) in [4.78, 5) is 28.4. The normalized spacial score (nSPS) is 12.3. The summed E-state index contributed by atoms with van der Waals surface area (Å²) >= 11 is 0. The Morgan fingerprint density at radius 3 is 2.27 bits per heavy atom. The molecule has 0 bridgehead atoms. The number of benzene rings is 4. The van der Waals surface area contributed by atoms with Gasteiger partial charge >= 0.3 is 12.1 Å². The van der Waals surface area contributed by atoms with E-state index in [-0.39, 0.29) is 12.5 Å². The smallest absolute Gasteiger partial charge is 0.414 e. The maximum absolute atomic E-state index is 13.7. The molecule has 0 saturated carbocycles. The third kappa shape index (κ3) is 5.57. The monoisotopic (exact) mass is 535 g/mol. The van der Waals surface area contributed by atoms with Crippen molar-refractivity contribution in [3.8, 4) is 16.9 Å². The molecule has 1 amide bonds. The first kappa shape index (κ1) is 27.0. The molecule has 6 heteroatoms. The average Bonchev–Trinajstić information content (AvgIpc) is 3.37. The van der Waals surface area contributed by atoms with Crippen molar-refractivity contribution in [2.45, 2.75) is 39.5 Å². The summed E-state index contributed by atoms with van der Waals surface area (Å²) < 4.78 is 17.1. The van der Waals surface area contributed by atoms with Gasteiger partial charge in [0.1, 0.15) is 25.0 Å². The van der Waals surface area contributed by atoms with Gasteiger partial charge in [0.15, 0.2) is 0 Å². The molecular formula is C34H33NO5. The molecule has 0 aromatic heterocycles. The second kappa shape index (κ2) is 12.1. The van der Waals surface area contributed by atoms with E-state index in [0.717, 1.165) is 27.8 Å². The van der Waals surface area contributed by atoms with Crippen LogP contribution >= 0.6 is 0 Å². The molecule has 0 heterocycles. The van der Waals surface area contributed by atoms with Gasteiger partial charge in [0.2, 0.25) is 0 Å². The fourth-order valence-corrected chi connectivity index (χ4v) is 5.24. The molecule has 40 heavy (non-hydrogen) atoms. The average molecular weight is 536 g/mol. The molecule has 1 atom stereocenters. The molecule has 5 rings (SSSR count). The van der Waals surface area contributed by atoms with Gasteiger partial charge in [0.25, 0.3) is 0 Å². The lowest BCUT2D eigenvalue weighted by Crippen LogP contribution is -2.49. The highest BCUT2D eigenvalue weighted by molar-refractivity contribution is 5.98. The Kier molecular flexibility index (Phi) is 8.15. The van der Waals surface area contributed by atoms with Crippen LogP contribution in [0.15, 0.2) is 97.1 Å². The number of ether oxygens (including phenoxy) is 3. The lowest BCUT2D eigenvalue weighted by Gasteiger charge is -2.33. The Hall–Kier alpha value is -4.58. The minimum Gasteiger partial charge on any atom is -0.488 e. The molecule has 0 saturated heterocycles. The van der Waals surface area contributed by atoms with E-state index in [9.17, 15) is 9.59 Å². The van der Waals surface area contributed by atoms with Crippen LogP contribution in [0, 0.1) is 5.92 Å². The molecule has 0 fully saturated rings. The molecule has 0 aliphatic heterocycles. The van der Waals surface area contributed by atoms with Crippen LogP contribution in [0.1, 0.15) is 36.1 Å². The van der Waals surface area contributed by atoms with Crippen molar-refractivity contribution >= 4 is 17.7 Å². The van der Waals surface area contributed by atoms with E-state index >= 15 is 0 Å². The van der Waals surface area contributed by atoms with E-state index in [0.29, 0.717) is 24.5 Å². The molecule has 6 nitrogen and oxygen atoms in total. The SMILES string of the molecule is COC(=O)N(c1cccc2c1Cc1ccccc1-2)[C@H](C(=O)OCc1ccccc1OCc1ccccc1)C(C)C. The molecule has 0 N–H and O–H groups in total. The van der Waals surface area contributed by atoms with Crippen LogP contribution < -0.4 is 9.64 Å². The highest BCUT2D eigenvalue weighted by Gasteiger charge is 2.38. The van der Waals surface area contributed by atoms with E-state index in [1.165, 1.54) is 17.6 Å². The summed E-state index contributed by atoms with van der Waals surface area (Å²) in [7, 11) is 1.33. The highest BCUT2D eigenvalue weighted by Crippen LogP contribution is 2.42. The van der Waals surface area contributed by atoms with Gasteiger partial charge in [-0.2, -0.15) is 0 Å². The summed E-state index contributed by atoms with van der Waals surface area (Å²) in [6.07, 6.45) is 0.0628. The number of methoxy groups -OCH3 is 1. The van der Waals surface area contributed by atoms with Gasteiger partial charge in [-0.05, 0) is 45.9 Å². The Bertz CT molecular complexity index is 1500. The number of nitrogens with zero attached hydrogens (tertiary/aromatic N) is 1. The first-order valence-corrected chi connectivity index (χ1v) is 13.5. The Morgan fingerprint density at radius 1 is 0.800 bits per heavy atom. The minimum atomic E-state index is -0.889. The number of rotatable bonds is 9. The third-order valence-electron chi connectivity index (χ3n) is 7.19. The Balaban J connectivity index is 1.39. The Labute approximate surface area is 235 Å². The lowest BCUT2D eigenvalue weighted by atomic mass is 9.99. The first-order chi connectivity index (χ1) is 19.5. The molecule has 0 unspecified atom stereocenters. The number of fused-ring (bicyclic) bond motifs is 3. The van der Waals surface area contributed by atoms with Crippen molar-refractivity contribution in [2.24, 2.45) is 5.92 Å². The highest BCUT2D eigenvalue weighted by atomic mass is 16.6. The van der Waals surface area contributed by atoms with Crippen molar-refractivity contribution in [1.82, 2.24) is 0 Å². The molecule has 1 aliphatic carbocycles. The zero-order valence-electron chi connectivity index (χ0n) is 23.0. The van der Waals surface area contributed by atoms with E-state index < -0.39 is 18.1 Å². The summed E-state index contributed by atoms with van der Waals surface area (Å²) in [6, 6.07) is 30.5. The van der Waals surface area contributed by atoms with E-state index in [1.54, 1.807) is 0 Å². The van der Waals surface area contributed by atoms with Crippen molar-refractivity contribution in [3.05, 3.63) is 119 Å². The number of esters is 1. The molecule has 4 aromatic carbocycles. The van der Waals surface area contributed by atoms with Gasteiger partial charge in [0, 0.05) is 12.0 Å². The quantitative estimate of drug-likeness (QED) is 0.187. The van der Waals surface area contributed by atoms with Crippen molar-refractivity contribution < 1.29 is 23.8 Å². The fraction of sp³-hybridized carbons (Fsp3) is 0.235. The zero-order chi connectivity index (χ0) is 28.1. The van der Waals surface area contributed by atoms with Crippen LogP contribution in [0.2, 0.25) is 0 Å². The number of carbonyl (C=O) groups excluding carboxylic acids is 2. The molecular weight excluding hydrogens is 502 g/mol. The number of hydrogen-bond acceptors (Lipinski definition) is 5. The number of hydrogen-bond donors (Lipinski definition) is 0. The number of anilines is 1. The van der Waals surface area contributed by atoms with E-state index in [4.69, 9.17) is 14.2 Å². The van der Waals surface area contributed by atoms with Crippen molar-refractivity contribution in [1.29, 1.82) is 0 Å². The van der Waals surface area contributed by atoms with Crippen LogP contribution in [0.25, 0.3) is 11.1 Å². The molecule has 4 aromatic rings. The summed E-state index contributed by atoms with van der Waals surface area (Å²) in [5.41, 5.74) is 6.82. The maximum atomic E-state index is 13.7. The van der Waals surface area contributed by atoms with Gasteiger partial charge < -0.3 is 14.2 Å². The molecule has 1 aliphatic rings. The second-order valence-electron chi connectivity index (χ2n) is 10.2. The van der Waals surface area contributed by atoms with Crippen LogP contribution in [0.3, 0.4) is 0 Å². The van der Waals surface area contributed by atoms with Gasteiger partial charge in [-0.3, -0.25) is 4.90 Å². The number of amides is 1. The molecule has 204 valence electrons. The van der Waals surface area contributed by atoms with Crippen LogP contribution in [0.4, 0.5) is 10.5 Å². The largest absolute Gasteiger partial charge is 0.488 e. The predicted molar refractivity (Wildman–Crippen MR) is 155 cm³/mol. The summed E-state index contributed by atoms with van der Waals surface area (Å²) in [6.45, 7) is 4.21. The molecule has 0 radical (unpaired) electrons. The van der Waals surface area contributed by atoms with Crippen LogP contribution in [-0.2, 0) is 33.9 Å². The number of carbonyl (C=O) groups is 2. The van der Waals surface area contributed by atoms with Gasteiger partial charge in [-0.1, -0.05) is 98.8 Å². The van der Waals surface area contributed by atoms with Crippen LogP contribution in [0.5, 0.6) is 5.75 Å². The minimum absolute atomic E-state index is 0.0143. The molecule has 0 spiro atoms. The predicted octanol–water partition coefficient (Wildman–Crippen LogP) is 7.18. The maximum Gasteiger partial charge on any atom is 0.414 e. The Morgan fingerprint density at radius 2 is 1.50 bits per heavy atom. The summed E-state index contributed by atoms with van der Waals surface area (Å²) in [5, 5.41) is 0. The third-order valence-corrected chi connectivity index (χ3v) is 7.19. The zero-order valence-corrected chi connectivity index (χ0v) is 23.0. The fourth-order valence-electron chi connectivity index (χ4n) is 5.24. The second-order valence-corrected chi connectivity index (χ2v) is 10.2. The van der Waals surface area contributed by atoms with E-state index in [2.05, 4.69) is 18.2 Å². The number of para-hydroxylation sites is 1. The lowest BCUT2D eigenvalue weighted by molar-refractivity contribution is -0.147. The van der Waals surface area contributed by atoms with Crippen molar-refractivity contribution in [2.75, 3.05) is 12.0 Å². The van der Waals surface area contributed by atoms with Crippen LogP contribution in [-0.4, -0.2) is 25.2 Å².